The number of methoxy groups -OCH3 is 2. The van der Waals surface area contributed by atoms with Crippen LogP contribution >= 0.6 is 0 Å². The van der Waals surface area contributed by atoms with E-state index in [1.165, 1.54) is 19.2 Å². The molecule has 0 radical (unpaired) electrons. The molecule has 1 aliphatic heterocycles. The van der Waals surface area contributed by atoms with Crippen LogP contribution in [0.25, 0.3) is 0 Å². The number of carbonyl (C=O) groups excluding carboxylic acids is 3. The number of hydrogen-bond acceptors (Lipinski definition) is 8. The van der Waals surface area contributed by atoms with E-state index in [9.17, 15) is 22.8 Å². The van der Waals surface area contributed by atoms with Crippen molar-refractivity contribution in [2.75, 3.05) is 19.1 Å². The summed E-state index contributed by atoms with van der Waals surface area (Å²) in [6.45, 7) is 0. The maximum atomic E-state index is 12.3. The molecule has 1 saturated heterocycles. The molecule has 0 aromatic heterocycles. The van der Waals surface area contributed by atoms with Crippen LogP contribution in [-0.2, 0) is 24.3 Å². The lowest BCUT2D eigenvalue weighted by molar-refractivity contribution is -0.121. The number of benzene rings is 2. The van der Waals surface area contributed by atoms with Crippen molar-refractivity contribution in [3.8, 4) is 17.2 Å². The van der Waals surface area contributed by atoms with Gasteiger partial charge in [0.25, 0.3) is 0 Å². The molecule has 1 fully saturated rings. The molecule has 2 aromatic rings. The Morgan fingerprint density at radius 3 is 2.07 bits per heavy atom. The van der Waals surface area contributed by atoms with Crippen molar-refractivity contribution in [2.24, 2.45) is 5.14 Å². The normalized spacial score (nSPS) is 14.0. The Balaban J connectivity index is 2.26. The van der Waals surface area contributed by atoms with Gasteiger partial charge in [-0.05, 0) is 36.4 Å². The van der Waals surface area contributed by atoms with E-state index in [-0.39, 0.29) is 35.6 Å². The van der Waals surface area contributed by atoms with Gasteiger partial charge >= 0.3 is 5.97 Å². The first-order valence-electron chi connectivity index (χ1n) is 8.62. The Kier molecular flexibility index (Phi) is 5.76. The Bertz CT molecular complexity index is 1110. The fourth-order valence-corrected chi connectivity index (χ4v) is 3.61. The number of carbonyl (C=O) groups is 3. The number of anilines is 1. The summed E-state index contributed by atoms with van der Waals surface area (Å²) in [5, 5.41) is 5.34. The largest absolute Gasteiger partial charge is 0.497 e. The molecule has 0 unspecified atom stereocenters. The highest BCUT2D eigenvalue weighted by molar-refractivity contribution is 7.89. The highest BCUT2D eigenvalue weighted by Crippen LogP contribution is 2.41. The topological polar surface area (TPSA) is 142 Å². The highest BCUT2D eigenvalue weighted by atomic mass is 32.2. The standard InChI is InChI=1S/C19H18N2O8S/c1-27-12-3-5-13(6-4-12)29-18-14(21-16(22)7-8-17(21)23)9-11(19(24)28-2)10-15(18)30(20,25)26/h3-6,9-10H,7-8H2,1-2H3,(H2,20,25,26). The van der Waals surface area contributed by atoms with E-state index in [0.717, 1.165) is 24.1 Å². The predicted molar refractivity (Wildman–Crippen MR) is 104 cm³/mol. The van der Waals surface area contributed by atoms with Crippen molar-refractivity contribution in [2.45, 2.75) is 17.7 Å². The van der Waals surface area contributed by atoms with E-state index in [2.05, 4.69) is 4.74 Å². The number of hydrogen-bond donors (Lipinski definition) is 1. The van der Waals surface area contributed by atoms with Crippen LogP contribution < -0.4 is 19.5 Å². The Hall–Kier alpha value is -3.44. The Morgan fingerprint density at radius 2 is 1.57 bits per heavy atom. The van der Waals surface area contributed by atoms with Gasteiger partial charge in [0.15, 0.2) is 5.75 Å². The summed E-state index contributed by atoms with van der Waals surface area (Å²) in [5.74, 6) is -1.66. The molecule has 30 heavy (non-hydrogen) atoms. The molecule has 0 saturated carbocycles. The van der Waals surface area contributed by atoms with Gasteiger partial charge in [-0.3, -0.25) is 9.59 Å². The Morgan fingerprint density at radius 1 is 1.00 bits per heavy atom. The van der Waals surface area contributed by atoms with Gasteiger partial charge in [-0.15, -0.1) is 0 Å². The second-order valence-electron chi connectivity index (χ2n) is 6.26. The molecule has 3 rings (SSSR count). The number of ether oxygens (including phenoxy) is 3. The van der Waals surface area contributed by atoms with Gasteiger partial charge in [-0.1, -0.05) is 0 Å². The zero-order valence-electron chi connectivity index (χ0n) is 16.1. The smallest absolute Gasteiger partial charge is 0.337 e. The van der Waals surface area contributed by atoms with Crippen molar-refractivity contribution in [3.05, 3.63) is 42.0 Å². The second kappa shape index (κ2) is 8.13. The Labute approximate surface area is 172 Å². The number of amides is 2. The van der Waals surface area contributed by atoms with Gasteiger partial charge in [0.1, 0.15) is 16.4 Å². The summed E-state index contributed by atoms with van der Waals surface area (Å²) >= 11 is 0. The maximum absolute atomic E-state index is 12.3. The van der Waals surface area contributed by atoms with E-state index >= 15 is 0 Å². The first-order valence-corrected chi connectivity index (χ1v) is 10.2. The molecule has 2 amide bonds. The minimum Gasteiger partial charge on any atom is -0.497 e. The van der Waals surface area contributed by atoms with Gasteiger partial charge in [0.2, 0.25) is 21.8 Å². The first-order chi connectivity index (χ1) is 14.2. The van der Waals surface area contributed by atoms with Crippen molar-refractivity contribution in [3.63, 3.8) is 0 Å². The van der Waals surface area contributed by atoms with Gasteiger partial charge in [-0.25, -0.2) is 23.3 Å². The summed E-state index contributed by atoms with van der Waals surface area (Å²) in [6, 6.07) is 8.25. The molecule has 0 bridgehead atoms. The average molecular weight is 434 g/mol. The third-order valence-electron chi connectivity index (χ3n) is 4.33. The third kappa shape index (κ3) is 4.11. The molecule has 2 N–H and O–H groups in total. The quantitative estimate of drug-likeness (QED) is 0.533. The van der Waals surface area contributed by atoms with Crippen molar-refractivity contribution >= 4 is 33.5 Å². The molecular weight excluding hydrogens is 416 g/mol. The summed E-state index contributed by atoms with van der Waals surface area (Å²) in [5.41, 5.74) is -0.434. The van der Waals surface area contributed by atoms with Crippen LogP contribution in [-0.4, -0.2) is 40.4 Å². The average Bonchev–Trinajstić information content (AvgIpc) is 3.05. The van der Waals surface area contributed by atoms with Crippen LogP contribution in [0.1, 0.15) is 23.2 Å². The fourth-order valence-electron chi connectivity index (χ4n) is 2.91. The van der Waals surface area contributed by atoms with Crippen LogP contribution in [0.15, 0.2) is 41.3 Å². The zero-order chi connectivity index (χ0) is 22.1. The van der Waals surface area contributed by atoms with E-state index in [1.807, 2.05) is 0 Å². The molecule has 158 valence electrons. The molecule has 0 aliphatic carbocycles. The molecular formula is C19H18N2O8S. The number of primary sulfonamides is 1. The number of rotatable bonds is 6. The lowest BCUT2D eigenvalue weighted by Crippen LogP contribution is -2.30. The fraction of sp³-hybridized carbons (Fsp3) is 0.211. The summed E-state index contributed by atoms with van der Waals surface area (Å²) < 4.78 is 40.0. The number of imide groups is 1. The molecule has 1 aliphatic rings. The van der Waals surface area contributed by atoms with Crippen LogP contribution in [0, 0.1) is 0 Å². The molecule has 2 aromatic carbocycles. The predicted octanol–water partition coefficient (Wildman–Crippen LogP) is 1.57. The van der Waals surface area contributed by atoms with E-state index in [1.54, 1.807) is 12.1 Å². The van der Waals surface area contributed by atoms with E-state index < -0.39 is 32.7 Å². The lowest BCUT2D eigenvalue weighted by atomic mass is 10.1. The van der Waals surface area contributed by atoms with Crippen LogP contribution in [0.2, 0.25) is 0 Å². The maximum Gasteiger partial charge on any atom is 0.337 e. The number of nitrogens with zero attached hydrogens (tertiary/aromatic N) is 1. The van der Waals surface area contributed by atoms with Crippen LogP contribution in [0.4, 0.5) is 5.69 Å². The molecule has 11 heteroatoms. The second-order valence-corrected chi connectivity index (χ2v) is 7.79. The highest BCUT2D eigenvalue weighted by Gasteiger charge is 2.36. The molecule has 1 heterocycles. The minimum atomic E-state index is -4.42. The van der Waals surface area contributed by atoms with Crippen LogP contribution in [0.5, 0.6) is 17.2 Å². The number of nitrogens with two attached hydrogens (primary N) is 1. The van der Waals surface area contributed by atoms with Gasteiger partial charge in [-0.2, -0.15) is 0 Å². The first kappa shape index (κ1) is 21.3. The summed E-state index contributed by atoms with van der Waals surface area (Å²) in [6.07, 6.45) is -0.123. The van der Waals surface area contributed by atoms with Gasteiger partial charge < -0.3 is 14.2 Å². The van der Waals surface area contributed by atoms with Gasteiger partial charge in [0.05, 0.1) is 25.5 Å². The third-order valence-corrected chi connectivity index (χ3v) is 5.25. The molecule has 0 atom stereocenters. The summed E-state index contributed by atoms with van der Waals surface area (Å²) in [7, 11) is -1.85. The number of esters is 1. The van der Waals surface area contributed by atoms with Gasteiger partial charge in [0, 0.05) is 12.8 Å². The minimum absolute atomic E-state index is 0.0615. The SMILES string of the molecule is COC(=O)c1cc(N2C(=O)CCC2=O)c(Oc2ccc(OC)cc2)c(S(N)(=O)=O)c1. The monoisotopic (exact) mass is 434 g/mol. The van der Waals surface area contributed by atoms with Crippen molar-refractivity contribution in [1.82, 2.24) is 0 Å². The van der Waals surface area contributed by atoms with E-state index in [0.29, 0.717) is 5.75 Å². The summed E-state index contributed by atoms with van der Waals surface area (Å²) in [4.78, 5) is 36.9. The van der Waals surface area contributed by atoms with E-state index in [4.69, 9.17) is 14.6 Å². The lowest BCUT2D eigenvalue weighted by Gasteiger charge is -2.21. The number of sulfonamides is 1. The zero-order valence-corrected chi connectivity index (χ0v) is 16.9. The van der Waals surface area contributed by atoms with Crippen molar-refractivity contribution < 1.29 is 37.0 Å². The van der Waals surface area contributed by atoms with Crippen molar-refractivity contribution in [1.29, 1.82) is 0 Å². The molecule has 10 nitrogen and oxygen atoms in total. The molecule has 0 spiro atoms. The van der Waals surface area contributed by atoms with Crippen LogP contribution in [0.3, 0.4) is 0 Å².